The molecule has 0 saturated carbocycles. The Hall–Kier alpha value is -0.630. The fourth-order valence-electron chi connectivity index (χ4n) is 0.670. The SMILES string of the molecule is Cc1nccc(I)c1C#N. The smallest absolute Gasteiger partial charge is 0.102 e. The number of aromatic nitrogens is 1. The molecule has 0 aliphatic carbocycles. The molecular formula is C7H5IN2. The highest BCUT2D eigenvalue weighted by atomic mass is 127. The summed E-state index contributed by atoms with van der Waals surface area (Å²) in [5.41, 5.74) is 1.48. The highest BCUT2D eigenvalue weighted by Gasteiger charge is 2.00. The van der Waals surface area contributed by atoms with Crippen LogP contribution in [0.25, 0.3) is 0 Å². The van der Waals surface area contributed by atoms with Crippen LogP contribution in [0.1, 0.15) is 11.3 Å². The molecule has 1 aromatic rings. The average molecular weight is 244 g/mol. The second-order valence-electron chi connectivity index (χ2n) is 1.86. The van der Waals surface area contributed by atoms with Crippen LogP contribution in [0.4, 0.5) is 0 Å². The third-order valence-electron chi connectivity index (χ3n) is 1.20. The van der Waals surface area contributed by atoms with Crippen LogP contribution in [0.15, 0.2) is 12.3 Å². The van der Waals surface area contributed by atoms with Crippen molar-refractivity contribution < 1.29 is 0 Å². The van der Waals surface area contributed by atoms with Crippen LogP contribution in [0, 0.1) is 21.8 Å². The van der Waals surface area contributed by atoms with E-state index in [1.54, 1.807) is 6.20 Å². The number of hydrogen-bond donors (Lipinski definition) is 0. The summed E-state index contributed by atoms with van der Waals surface area (Å²) in [5.74, 6) is 0. The largest absolute Gasteiger partial charge is 0.260 e. The molecule has 0 fully saturated rings. The lowest BCUT2D eigenvalue weighted by molar-refractivity contribution is 1.17. The first-order valence-corrected chi connectivity index (χ1v) is 3.85. The maximum atomic E-state index is 8.60. The zero-order valence-electron chi connectivity index (χ0n) is 5.43. The number of halogens is 1. The van der Waals surface area contributed by atoms with Gasteiger partial charge in [0.2, 0.25) is 0 Å². The van der Waals surface area contributed by atoms with Crippen LogP contribution >= 0.6 is 22.6 Å². The summed E-state index contributed by atoms with van der Waals surface area (Å²) in [6.07, 6.45) is 1.71. The van der Waals surface area contributed by atoms with Gasteiger partial charge in [-0.3, -0.25) is 4.98 Å². The maximum absolute atomic E-state index is 8.60. The minimum Gasteiger partial charge on any atom is -0.260 e. The molecule has 0 saturated heterocycles. The second kappa shape index (κ2) is 2.97. The number of pyridine rings is 1. The molecule has 1 heterocycles. The predicted octanol–water partition coefficient (Wildman–Crippen LogP) is 1.87. The second-order valence-corrected chi connectivity index (χ2v) is 3.03. The van der Waals surface area contributed by atoms with E-state index in [-0.39, 0.29) is 0 Å². The summed E-state index contributed by atoms with van der Waals surface area (Å²) < 4.78 is 0.965. The van der Waals surface area contributed by atoms with Crippen LogP contribution in [0.5, 0.6) is 0 Å². The number of nitrogens with zero attached hydrogens (tertiary/aromatic N) is 2. The van der Waals surface area contributed by atoms with Gasteiger partial charge in [-0.05, 0) is 35.6 Å². The third-order valence-corrected chi connectivity index (χ3v) is 2.10. The Morgan fingerprint density at radius 3 is 2.80 bits per heavy atom. The van der Waals surface area contributed by atoms with E-state index in [0.29, 0.717) is 5.56 Å². The summed E-state index contributed by atoms with van der Waals surface area (Å²) in [6, 6.07) is 3.92. The minimum atomic E-state index is 0.683. The van der Waals surface area contributed by atoms with E-state index < -0.39 is 0 Å². The van der Waals surface area contributed by atoms with Gasteiger partial charge in [0.25, 0.3) is 0 Å². The number of aryl methyl sites for hydroxylation is 1. The Morgan fingerprint density at radius 1 is 1.70 bits per heavy atom. The molecule has 0 spiro atoms. The van der Waals surface area contributed by atoms with Crippen molar-refractivity contribution in [1.82, 2.24) is 4.98 Å². The molecule has 0 atom stereocenters. The van der Waals surface area contributed by atoms with Crippen LogP contribution < -0.4 is 0 Å². The van der Waals surface area contributed by atoms with Gasteiger partial charge in [0.15, 0.2) is 0 Å². The van der Waals surface area contributed by atoms with Gasteiger partial charge in [0, 0.05) is 9.77 Å². The first-order chi connectivity index (χ1) is 4.75. The molecule has 10 heavy (non-hydrogen) atoms. The topological polar surface area (TPSA) is 36.7 Å². The summed E-state index contributed by atoms with van der Waals surface area (Å²) >= 11 is 2.12. The molecule has 0 aromatic carbocycles. The molecular weight excluding hydrogens is 239 g/mol. The van der Waals surface area contributed by atoms with E-state index in [1.165, 1.54) is 0 Å². The molecule has 0 radical (unpaired) electrons. The van der Waals surface area contributed by atoms with Crippen molar-refractivity contribution in [1.29, 1.82) is 5.26 Å². The summed E-state index contributed by atoms with van der Waals surface area (Å²) in [4.78, 5) is 3.98. The normalized spacial score (nSPS) is 8.90. The van der Waals surface area contributed by atoms with Crippen LogP contribution in [0.2, 0.25) is 0 Å². The van der Waals surface area contributed by atoms with E-state index >= 15 is 0 Å². The molecule has 0 unspecified atom stereocenters. The lowest BCUT2D eigenvalue weighted by atomic mass is 10.2. The molecule has 0 aliphatic heterocycles. The summed E-state index contributed by atoms with van der Waals surface area (Å²) in [6.45, 7) is 1.83. The first-order valence-electron chi connectivity index (χ1n) is 2.77. The van der Waals surface area contributed by atoms with E-state index in [2.05, 4.69) is 33.6 Å². The summed E-state index contributed by atoms with van der Waals surface area (Å²) in [7, 11) is 0. The zero-order valence-corrected chi connectivity index (χ0v) is 7.58. The van der Waals surface area contributed by atoms with Gasteiger partial charge >= 0.3 is 0 Å². The van der Waals surface area contributed by atoms with E-state index in [1.807, 2.05) is 13.0 Å². The van der Waals surface area contributed by atoms with Crippen molar-refractivity contribution in [2.24, 2.45) is 0 Å². The van der Waals surface area contributed by atoms with Crippen LogP contribution in [-0.4, -0.2) is 4.98 Å². The quantitative estimate of drug-likeness (QED) is 0.653. The lowest BCUT2D eigenvalue weighted by Gasteiger charge is -1.95. The number of nitriles is 1. The molecule has 1 aromatic heterocycles. The Kier molecular flexibility index (Phi) is 2.22. The summed E-state index contributed by atoms with van der Waals surface area (Å²) in [5, 5.41) is 8.60. The molecule has 0 N–H and O–H groups in total. The Morgan fingerprint density at radius 2 is 2.40 bits per heavy atom. The van der Waals surface area contributed by atoms with Gasteiger partial charge in [0.1, 0.15) is 6.07 Å². The van der Waals surface area contributed by atoms with Gasteiger partial charge in [-0.2, -0.15) is 5.26 Å². The molecule has 0 bridgehead atoms. The standard InChI is InChI=1S/C7H5IN2/c1-5-6(4-9)7(8)2-3-10-5/h2-3H,1H3. The first kappa shape index (κ1) is 7.48. The molecule has 0 amide bonds. The number of rotatable bonds is 0. The Balaban J connectivity index is 3.34. The monoisotopic (exact) mass is 244 g/mol. The van der Waals surface area contributed by atoms with E-state index in [4.69, 9.17) is 5.26 Å². The minimum absolute atomic E-state index is 0.683. The number of hydrogen-bond acceptors (Lipinski definition) is 2. The molecule has 2 nitrogen and oxygen atoms in total. The average Bonchev–Trinajstić information content (AvgIpc) is 1.88. The highest BCUT2D eigenvalue weighted by molar-refractivity contribution is 14.1. The lowest BCUT2D eigenvalue weighted by Crippen LogP contribution is -1.89. The van der Waals surface area contributed by atoms with Gasteiger partial charge in [-0.25, -0.2) is 0 Å². The van der Waals surface area contributed by atoms with Crippen molar-refractivity contribution >= 4 is 22.6 Å². The Labute approximate surface area is 73.0 Å². The third kappa shape index (κ3) is 1.27. The van der Waals surface area contributed by atoms with Crippen molar-refractivity contribution in [2.45, 2.75) is 6.92 Å². The van der Waals surface area contributed by atoms with E-state index in [0.717, 1.165) is 9.26 Å². The van der Waals surface area contributed by atoms with Crippen LogP contribution in [0.3, 0.4) is 0 Å². The van der Waals surface area contributed by atoms with E-state index in [9.17, 15) is 0 Å². The zero-order chi connectivity index (χ0) is 7.56. The van der Waals surface area contributed by atoms with Crippen LogP contribution in [-0.2, 0) is 0 Å². The van der Waals surface area contributed by atoms with Crippen molar-refractivity contribution in [2.75, 3.05) is 0 Å². The Bertz CT molecular complexity index is 268. The predicted molar refractivity (Wildman–Crippen MR) is 46.4 cm³/mol. The van der Waals surface area contributed by atoms with Crippen molar-refractivity contribution in [3.63, 3.8) is 0 Å². The highest BCUT2D eigenvalue weighted by Crippen LogP contribution is 2.11. The van der Waals surface area contributed by atoms with Gasteiger partial charge in [0.05, 0.1) is 11.3 Å². The molecule has 0 aliphatic rings. The molecule has 50 valence electrons. The van der Waals surface area contributed by atoms with Gasteiger partial charge < -0.3 is 0 Å². The van der Waals surface area contributed by atoms with Crippen molar-refractivity contribution in [3.05, 3.63) is 27.1 Å². The molecule has 3 heteroatoms. The molecule has 1 rings (SSSR count). The maximum Gasteiger partial charge on any atom is 0.102 e. The fraction of sp³-hybridized carbons (Fsp3) is 0.143. The fourth-order valence-corrected chi connectivity index (χ4v) is 1.34. The van der Waals surface area contributed by atoms with Gasteiger partial charge in [-0.1, -0.05) is 0 Å². The van der Waals surface area contributed by atoms with Crippen molar-refractivity contribution in [3.8, 4) is 6.07 Å². The van der Waals surface area contributed by atoms with Gasteiger partial charge in [-0.15, -0.1) is 0 Å².